The molecule has 0 spiro atoms. The van der Waals surface area contributed by atoms with E-state index in [1.54, 1.807) is 0 Å². The lowest BCUT2D eigenvalue weighted by molar-refractivity contribution is 0.0918. The Hall–Kier alpha value is -1.32. The van der Waals surface area contributed by atoms with Gasteiger partial charge in [0.15, 0.2) is 5.69 Å². The van der Waals surface area contributed by atoms with E-state index in [4.69, 9.17) is 4.52 Å². The topological polar surface area (TPSA) is 55.1 Å². The summed E-state index contributed by atoms with van der Waals surface area (Å²) in [5.41, 5.74) is 1.27. The average Bonchev–Trinajstić information content (AvgIpc) is 2.61. The minimum absolute atomic E-state index is 0.0961. The maximum absolute atomic E-state index is 11.9. The molecule has 0 aliphatic heterocycles. The summed E-state index contributed by atoms with van der Waals surface area (Å²) in [4.78, 5) is 11.9. The van der Waals surface area contributed by atoms with E-state index in [1.165, 1.54) is 19.3 Å². The zero-order chi connectivity index (χ0) is 11.5. The number of carbonyl (C=O) groups excluding carboxylic acids is 1. The molecule has 1 fully saturated rings. The predicted molar refractivity (Wildman–Crippen MR) is 60.3 cm³/mol. The van der Waals surface area contributed by atoms with E-state index in [-0.39, 0.29) is 5.91 Å². The normalized spacial score (nSPS) is 17.4. The Bertz CT molecular complexity index is 378. The molecule has 0 bridgehead atoms. The molecule has 0 radical (unpaired) electrons. The smallest absolute Gasteiger partial charge is 0.273 e. The molecule has 1 aliphatic carbocycles. The Labute approximate surface area is 95.4 Å². The lowest BCUT2D eigenvalue weighted by atomic mass is 9.95. The first-order valence-corrected chi connectivity index (χ1v) is 5.92. The zero-order valence-corrected chi connectivity index (χ0v) is 9.88. The Morgan fingerprint density at radius 3 is 2.56 bits per heavy atom. The Balaban J connectivity index is 1.99. The monoisotopic (exact) mass is 222 g/mol. The van der Waals surface area contributed by atoms with E-state index in [0.717, 1.165) is 18.4 Å². The summed E-state index contributed by atoms with van der Waals surface area (Å²) in [6, 6.07) is 0.317. The number of hydrogen-bond acceptors (Lipinski definition) is 3. The van der Waals surface area contributed by atoms with Crippen LogP contribution >= 0.6 is 0 Å². The van der Waals surface area contributed by atoms with Crippen molar-refractivity contribution in [3.8, 4) is 0 Å². The van der Waals surface area contributed by atoms with Crippen molar-refractivity contribution in [3.63, 3.8) is 0 Å². The molecule has 1 heterocycles. The molecule has 2 rings (SSSR count). The maximum Gasteiger partial charge on any atom is 0.273 e. The molecule has 4 nitrogen and oxygen atoms in total. The largest absolute Gasteiger partial charge is 0.361 e. The van der Waals surface area contributed by atoms with Crippen LogP contribution in [0.25, 0.3) is 0 Å². The van der Waals surface area contributed by atoms with Crippen molar-refractivity contribution >= 4 is 5.91 Å². The van der Waals surface area contributed by atoms with E-state index in [1.807, 2.05) is 13.8 Å². The number of hydrogen-bond donors (Lipinski definition) is 1. The van der Waals surface area contributed by atoms with Gasteiger partial charge in [0.1, 0.15) is 5.76 Å². The molecule has 0 saturated heterocycles. The summed E-state index contributed by atoms with van der Waals surface area (Å²) in [5.74, 6) is 0.620. The predicted octanol–water partition coefficient (Wildman–Crippen LogP) is 2.35. The Kier molecular flexibility index (Phi) is 3.27. The highest BCUT2D eigenvalue weighted by molar-refractivity contribution is 5.93. The van der Waals surface area contributed by atoms with E-state index in [2.05, 4.69) is 10.5 Å². The number of nitrogens with one attached hydrogen (secondary N) is 1. The first-order chi connectivity index (χ1) is 7.68. The third kappa shape index (κ3) is 2.26. The number of aromatic nitrogens is 1. The van der Waals surface area contributed by atoms with Gasteiger partial charge in [-0.2, -0.15) is 0 Å². The fourth-order valence-electron chi connectivity index (χ4n) is 2.13. The van der Waals surface area contributed by atoms with Crippen LogP contribution in [0.5, 0.6) is 0 Å². The van der Waals surface area contributed by atoms with Crippen molar-refractivity contribution in [1.82, 2.24) is 10.5 Å². The van der Waals surface area contributed by atoms with Crippen LogP contribution in [0, 0.1) is 13.8 Å². The molecule has 4 heteroatoms. The standard InChI is InChI=1S/C12H18N2O2/c1-8-9(2)16-14-11(8)12(15)13-10-6-4-3-5-7-10/h10H,3-7H2,1-2H3,(H,13,15). The highest BCUT2D eigenvalue weighted by atomic mass is 16.5. The molecule has 1 aliphatic rings. The summed E-state index contributed by atoms with van der Waals surface area (Å²) in [5, 5.41) is 6.82. The van der Waals surface area contributed by atoms with Crippen LogP contribution in [0.3, 0.4) is 0 Å². The number of rotatable bonds is 2. The van der Waals surface area contributed by atoms with Crippen LogP contribution in [0.4, 0.5) is 0 Å². The van der Waals surface area contributed by atoms with Crippen molar-refractivity contribution in [2.45, 2.75) is 52.0 Å². The van der Waals surface area contributed by atoms with Gasteiger partial charge in [-0.1, -0.05) is 24.4 Å². The summed E-state index contributed by atoms with van der Waals surface area (Å²) in [6.07, 6.45) is 5.88. The first kappa shape index (κ1) is 11.2. The van der Waals surface area contributed by atoms with Gasteiger partial charge in [0, 0.05) is 11.6 Å². The lowest BCUT2D eigenvalue weighted by Crippen LogP contribution is -2.36. The average molecular weight is 222 g/mol. The molecule has 0 aromatic carbocycles. The van der Waals surface area contributed by atoms with Crippen molar-refractivity contribution in [3.05, 3.63) is 17.0 Å². The Morgan fingerprint density at radius 1 is 1.31 bits per heavy atom. The molecule has 1 amide bonds. The zero-order valence-electron chi connectivity index (χ0n) is 9.88. The second-order valence-corrected chi connectivity index (χ2v) is 4.52. The number of nitrogens with zero attached hydrogens (tertiary/aromatic N) is 1. The number of aryl methyl sites for hydroxylation is 1. The Morgan fingerprint density at radius 2 is 2.00 bits per heavy atom. The molecule has 88 valence electrons. The summed E-state index contributed by atoms with van der Waals surface area (Å²) in [6.45, 7) is 3.68. The van der Waals surface area contributed by atoms with Crippen LogP contribution in [-0.4, -0.2) is 17.1 Å². The van der Waals surface area contributed by atoms with E-state index < -0.39 is 0 Å². The van der Waals surface area contributed by atoms with Crippen LogP contribution < -0.4 is 5.32 Å². The molecule has 1 N–H and O–H groups in total. The lowest BCUT2D eigenvalue weighted by Gasteiger charge is -2.22. The molecule has 1 aromatic heterocycles. The van der Waals surface area contributed by atoms with Gasteiger partial charge in [0.05, 0.1) is 0 Å². The van der Waals surface area contributed by atoms with Crippen molar-refractivity contribution in [2.24, 2.45) is 0 Å². The summed E-state index contributed by atoms with van der Waals surface area (Å²) in [7, 11) is 0. The minimum Gasteiger partial charge on any atom is -0.361 e. The van der Waals surface area contributed by atoms with Crippen LogP contribution in [0.15, 0.2) is 4.52 Å². The fourth-order valence-corrected chi connectivity index (χ4v) is 2.13. The van der Waals surface area contributed by atoms with E-state index >= 15 is 0 Å². The van der Waals surface area contributed by atoms with Gasteiger partial charge < -0.3 is 9.84 Å². The van der Waals surface area contributed by atoms with Crippen LogP contribution in [-0.2, 0) is 0 Å². The van der Waals surface area contributed by atoms with Gasteiger partial charge in [0.2, 0.25) is 0 Å². The number of amides is 1. The van der Waals surface area contributed by atoms with Crippen molar-refractivity contribution in [1.29, 1.82) is 0 Å². The van der Waals surface area contributed by atoms with Gasteiger partial charge in [0.25, 0.3) is 5.91 Å². The minimum atomic E-state index is -0.0961. The number of carbonyl (C=O) groups is 1. The summed E-state index contributed by atoms with van der Waals surface area (Å²) < 4.78 is 4.99. The fraction of sp³-hybridized carbons (Fsp3) is 0.667. The molecule has 16 heavy (non-hydrogen) atoms. The second kappa shape index (κ2) is 4.68. The third-order valence-corrected chi connectivity index (χ3v) is 3.31. The molecule has 1 aromatic rings. The molecule has 0 atom stereocenters. The molecule has 1 saturated carbocycles. The van der Waals surface area contributed by atoms with Gasteiger partial charge in [-0.25, -0.2) is 0 Å². The highest BCUT2D eigenvalue weighted by Crippen LogP contribution is 2.18. The van der Waals surface area contributed by atoms with Gasteiger partial charge in [-0.05, 0) is 26.7 Å². The summed E-state index contributed by atoms with van der Waals surface area (Å²) >= 11 is 0. The van der Waals surface area contributed by atoms with Crippen molar-refractivity contribution < 1.29 is 9.32 Å². The quantitative estimate of drug-likeness (QED) is 0.835. The van der Waals surface area contributed by atoms with Crippen LogP contribution in [0.2, 0.25) is 0 Å². The van der Waals surface area contributed by atoms with Crippen molar-refractivity contribution in [2.75, 3.05) is 0 Å². The van der Waals surface area contributed by atoms with E-state index in [9.17, 15) is 4.79 Å². The highest BCUT2D eigenvalue weighted by Gasteiger charge is 2.20. The first-order valence-electron chi connectivity index (χ1n) is 5.92. The van der Waals surface area contributed by atoms with Gasteiger partial charge in [-0.15, -0.1) is 0 Å². The van der Waals surface area contributed by atoms with Gasteiger partial charge in [-0.3, -0.25) is 4.79 Å². The SMILES string of the molecule is Cc1onc(C(=O)NC2CCCCC2)c1C. The molecular formula is C12H18N2O2. The van der Waals surface area contributed by atoms with Gasteiger partial charge >= 0.3 is 0 Å². The maximum atomic E-state index is 11.9. The molecular weight excluding hydrogens is 204 g/mol. The molecule has 0 unspecified atom stereocenters. The van der Waals surface area contributed by atoms with Crippen LogP contribution in [0.1, 0.15) is 53.9 Å². The second-order valence-electron chi connectivity index (χ2n) is 4.52. The third-order valence-electron chi connectivity index (χ3n) is 3.31. The van der Waals surface area contributed by atoms with E-state index in [0.29, 0.717) is 17.5 Å².